The number of para-hydroxylation sites is 1. The standard InChI is InChI=1S/C28H27ClN4O2/c1-17-13-14-22(15-25(17)29)33-20(4)24(19(3)32-33)16-27(34)31-26-12-8-11-23(18(26)2)28(35)30-21-9-6-5-7-10-21/h5-15H,16H2,1-4H3,(H,30,35)(H,31,34). The van der Waals surface area contributed by atoms with Gasteiger partial charge in [0.25, 0.3) is 5.91 Å². The van der Waals surface area contributed by atoms with Crippen LogP contribution in [0.2, 0.25) is 5.02 Å². The Morgan fingerprint density at radius 3 is 2.37 bits per heavy atom. The fourth-order valence-corrected chi connectivity index (χ4v) is 4.16. The lowest BCUT2D eigenvalue weighted by molar-refractivity contribution is -0.115. The first kappa shape index (κ1) is 24.2. The zero-order valence-corrected chi connectivity index (χ0v) is 20.9. The number of halogens is 1. The largest absolute Gasteiger partial charge is 0.326 e. The van der Waals surface area contributed by atoms with Crippen molar-refractivity contribution in [1.82, 2.24) is 9.78 Å². The molecule has 4 aromatic rings. The Balaban J connectivity index is 1.51. The van der Waals surface area contributed by atoms with Gasteiger partial charge < -0.3 is 10.6 Å². The number of hydrogen-bond acceptors (Lipinski definition) is 3. The highest BCUT2D eigenvalue weighted by molar-refractivity contribution is 6.31. The molecule has 0 saturated heterocycles. The van der Waals surface area contributed by atoms with Gasteiger partial charge in [-0.05, 0) is 75.2 Å². The van der Waals surface area contributed by atoms with Gasteiger partial charge in [0.2, 0.25) is 5.91 Å². The average molecular weight is 487 g/mol. The van der Waals surface area contributed by atoms with Gasteiger partial charge in [-0.25, -0.2) is 4.68 Å². The van der Waals surface area contributed by atoms with Gasteiger partial charge in [0, 0.05) is 33.2 Å². The Morgan fingerprint density at radius 2 is 1.66 bits per heavy atom. The fourth-order valence-electron chi connectivity index (χ4n) is 3.99. The molecule has 2 amide bonds. The molecule has 0 spiro atoms. The summed E-state index contributed by atoms with van der Waals surface area (Å²) < 4.78 is 1.81. The summed E-state index contributed by atoms with van der Waals surface area (Å²) >= 11 is 6.30. The second-order valence-electron chi connectivity index (χ2n) is 8.52. The molecule has 1 heterocycles. The number of carbonyl (C=O) groups excluding carboxylic acids is 2. The maximum Gasteiger partial charge on any atom is 0.256 e. The second kappa shape index (κ2) is 10.2. The molecule has 4 rings (SSSR count). The van der Waals surface area contributed by atoms with Crippen molar-refractivity contribution in [1.29, 1.82) is 0 Å². The van der Waals surface area contributed by atoms with Crippen LogP contribution in [0.5, 0.6) is 0 Å². The number of nitrogens with zero attached hydrogens (tertiary/aromatic N) is 2. The van der Waals surface area contributed by atoms with Gasteiger partial charge >= 0.3 is 0 Å². The summed E-state index contributed by atoms with van der Waals surface area (Å²) in [6.07, 6.45) is 0.164. The molecule has 35 heavy (non-hydrogen) atoms. The zero-order chi connectivity index (χ0) is 25.1. The molecule has 6 nitrogen and oxygen atoms in total. The minimum absolute atomic E-state index is 0.164. The third kappa shape index (κ3) is 5.28. The van der Waals surface area contributed by atoms with E-state index in [2.05, 4.69) is 15.7 Å². The smallest absolute Gasteiger partial charge is 0.256 e. The summed E-state index contributed by atoms with van der Waals surface area (Å²) in [6.45, 7) is 7.61. The van der Waals surface area contributed by atoms with Crippen LogP contribution in [0.4, 0.5) is 11.4 Å². The van der Waals surface area contributed by atoms with E-state index in [9.17, 15) is 9.59 Å². The number of anilines is 2. The molecule has 0 bridgehead atoms. The van der Waals surface area contributed by atoms with Gasteiger partial charge in [0.1, 0.15) is 0 Å². The van der Waals surface area contributed by atoms with Crippen LogP contribution in [0.3, 0.4) is 0 Å². The lowest BCUT2D eigenvalue weighted by atomic mass is 10.0. The zero-order valence-electron chi connectivity index (χ0n) is 20.1. The second-order valence-corrected chi connectivity index (χ2v) is 8.93. The van der Waals surface area contributed by atoms with Crippen molar-refractivity contribution in [2.75, 3.05) is 10.6 Å². The number of amides is 2. The van der Waals surface area contributed by atoms with E-state index in [-0.39, 0.29) is 18.2 Å². The van der Waals surface area contributed by atoms with E-state index in [4.69, 9.17) is 11.6 Å². The van der Waals surface area contributed by atoms with Crippen LogP contribution in [0.1, 0.15) is 38.4 Å². The molecule has 178 valence electrons. The molecule has 0 atom stereocenters. The lowest BCUT2D eigenvalue weighted by Gasteiger charge is -2.13. The van der Waals surface area contributed by atoms with E-state index in [1.54, 1.807) is 18.2 Å². The normalized spacial score (nSPS) is 10.8. The van der Waals surface area contributed by atoms with Crippen LogP contribution >= 0.6 is 11.6 Å². The number of aromatic nitrogens is 2. The van der Waals surface area contributed by atoms with Crippen molar-refractivity contribution in [2.45, 2.75) is 34.1 Å². The molecular weight excluding hydrogens is 460 g/mol. The number of rotatable bonds is 6. The van der Waals surface area contributed by atoms with Crippen LogP contribution in [-0.4, -0.2) is 21.6 Å². The van der Waals surface area contributed by atoms with Crippen molar-refractivity contribution in [3.63, 3.8) is 0 Å². The molecule has 0 aliphatic carbocycles. The SMILES string of the molecule is Cc1ccc(-n2nc(C)c(CC(=O)Nc3cccc(C(=O)Nc4ccccc4)c3C)c2C)cc1Cl. The highest BCUT2D eigenvalue weighted by atomic mass is 35.5. The van der Waals surface area contributed by atoms with Crippen LogP contribution in [0.15, 0.2) is 66.7 Å². The Morgan fingerprint density at radius 1 is 0.914 bits per heavy atom. The van der Waals surface area contributed by atoms with E-state index >= 15 is 0 Å². The van der Waals surface area contributed by atoms with Gasteiger partial charge in [-0.2, -0.15) is 5.10 Å². The van der Waals surface area contributed by atoms with E-state index in [0.29, 0.717) is 27.5 Å². The van der Waals surface area contributed by atoms with Crippen molar-refractivity contribution < 1.29 is 9.59 Å². The molecule has 2 N–H and O–H groups in total. The molecule has 1 aromatic heterocycles. The molecular formula is C28H27ClN4O2. The number of nitrogens with one attached hydrogen (secondary N) is 2. The van der Waals surface area contributed by atoms with E-state index in [1.165, 1.54) is 0 Å². The minimum atomic E-state index is -0.227. The molecule has 0 radical (unpaired) electrons. The first-order valence-electron chi connectivity index (χ1n) is 11.3. The van der Waals surface area contributed by atoms with Crippen molar-refractivity contribution in [3.05, 3.63) is 105 Å². The third-order valence-electron chi connectivity index (χ3n) is 6.06. The fraction of sp³-hybridized carbons (Fsp3) is 0.179. The summed E-state index contributed by atoms with van der Waals surface area (Å²) in [5, 5.41) is 11.1. The highest BCUT2D eigenvalue weighted by Gasteiger charge is 2.18. The van der Waals surface area contributed by atoms with Crippen molar-refractivity contribution >= 4 is 34.8 Å². The Bertz CT molecular complexity index is 1410. The van der Waals surface area contributed by atoms with Crippen molar-refractivity contribution in [2.24, 2.45) is 0 Å². The van der Waals surface area contributed by atoms with Crippen LogP contribution in [0, 0.1) is 27.7 Å². The summed E-state index contributed by atoms with van der Waals surface area (Å²) in [7, 11) is 0. The minimum Gasteiger partial charge on any atom is -0.326 e. The van der Waals surface area contributed by atoms with E-state index in [0.717, 1.165) is 28.2 Å². The molecule has 0 fully saturated rings. The molecule has 0 aliphatic heterocycles. The van der Waals surface area contributed by atoms with E-state index < -0.39 is 0 Å². The quantitative estimate of drug-likeness (QED) is 0.341. The number of benzene rings is 3. The summed E-state index contributed by atoms with van der Waals surface area (Å²) in [5.74, 6) is -0.407. The van der Waals surface area contributed by atoms with Gasteiger partial charge in [-0.3, -0.25) is 9.59 Å². The average Bonchev–Trinajstić information content (AvgIpc) is 3.11. The summed E-state index contributed by atoms with van der Waals surface area (Å²) in [6, 6.07) is 20.3. The van der Waals surface area contributed by atoms with Crippen LogP contribution in [-0.2, 0) is 11.2 Å². The van der Waals surface area contributed by atoms with Gasteiger partial charge in [-0.1, -0.05) is 41.9 Å². The molecule has 0 unspecified atom stereocenters. The summed E-state index contributed by atoms with van der Waals surface area (Å²) in [5.41, 5.74) is 6.87. The molecule has 0 aliphatic rings. The van der Waals surface area contributed by atoms with E-state index in [1.807, 2.05) is 80.9 Å². The topological polar surface area (TPSA) is 76.0 Å². The molecule has 7 heteroatoms. The van der Waals surface area contributed by atoms with Gasteiger partial charge in [-0.15, -0.1) is 0 Å². The Kier molecular flexibility index (Phi) is 7.03. The highest BCUT2D eigenvalue weighted by Crippen LogP contribution is 2.24. The van der Waals surface area contributed by atoms with Crippen LogP contribution in [0.25, 0.3) is 5.69 Å². The Labute approximate surface area is 209 Å². The summed E-state index contributed by atoms with van der Waals surface area (Å²) in [4.78, 5) is 25.8. The lowest BCUT2D eigenvalue weighted by Crippen LogP contribution is -2.18. The van der Waals surface area contributed by atoms with Gasteiger partial charge in [0.05, 0.1) is 17.8 Å². The number of hydrogen-bond donors (Lipinski definition) is 2. The molecule has 0 saturated carbocycles. The maximum atomic E-state index is 13.0. The van der Waals surface area contributed by atoms with Gasteiger partial charge in [0.15, 0.2) is 0 Å². The first-order chi connectivity index (χ1) is 16.7. The predicted molar refractivity (Wildman–Crippen MR) is 141 cm³/mol. The predicted octanol–water partition coefficient (Wildman–Crippen LogP) is 6.19. The number of carbonyl (C=O) groups is 2. The maximum absolute atomic E-state index is 13.0. The van der Waals surface area contributed by atoms with Crippen LogP contribution < -0.4 is 10.6 Å². The Hall–Kier alpha value is -3.90. The first-order valence-corrected chi connectivity index (χ1v) is 11.7. The molecule has 3 aromatic carbocycles. The number of aryl methyl sites for hydroxylation is 2. The van der Waals surface area contributed by atoms with Crippen molar-refractivity contribution in [3.8, 4) is 5.69 Å². The third-order valence-corrected chi connectivity index (χ3v) is 6.47. The monoisotopic (exact) mass is 486 g/mol.